The van der Waals surface area contributed by atoms with E-state index in [0.29, 0.717) is 26.3 Å². The standard InChI is InChI=1S/C7H15N2O3S/c1-7(8)9(13(2,10)11)3-5-12-6-4-9/h1,3-6,8H2,2H3/q+1. The first-order valence-corrected chi connectivity index (χ1v) is 5.85. The molecule has 13 heavy (non-hydrogen) atoms. The third-order valence-corrected chi connectivity index (χ3v) is 4.22. The number of morpholine rings is 1. The molecule has 0 aliphatic carbocycles. The van der Waals surface area contributed by atoms with Crippen LogP contribution in [0.4, 0.5) is 0 Å². The van der Waals surface area contributed by atoms with Gasteiger partial charge in [0.05, 0.1) is 19.5 Å². The van der Waals surface area contributed by atoms with Gasteiger partial charge in [0.2, 0.25) is 5.82 Å². The van der Waals surface area contributed by atoms with Crippen LogP contribution in [0.5, 0.6) is 0 Å². The van der Waals surface area contributed by atoms with E-state index in [9.17, 15) is 8.42 Å². The number of sulfonamides is 1. The Bertz CT molecular complexity index is 304. The fraction of sp³-hybridized carbons (Fsp3) is 0.714. The first-order valence-electron chi connectivity index (χ1n) is 4.00. The molecule has 2 N–H and O–H groups in total. The predicted molar refractivity (Wildman–Crippen MR) is 49.0 cm³/mol. The summed E-state index contributed by atoms with van der Waals surface area (Å²) >= 11 is 0. The van der Waals surface area contributed by atoms with Gasteiger partial charge in [0.1, 0.15) is 13.1 Å². The Morgan fingerprint density at radius 3 is 2.15 bits per heavy atom. The number of quaternary nitrogens is 1. The van der Waals surface area contributed by atoms with E-state index in [-0.39, 0.29) is 9.71 Å². The van der Waals surface area contributed by atoms with Crippen molar-refractivity contribution >= 4 is 10.0 Å². The Morgan fingerprint density at radius 1 is 1.46 bits per heavy atom. The molecule has 0 amide bonds. The summed E-state index contributed by atoms with van der Waals surface area (Å²) in [4.78, 5) is 0. The first kappa shape index (κ1) is 10.5. The van der Waals surface area contributed by atoms with Crippen molar-refractivity contribution in [3.05, 3.63) is 12.4 Å². The molecule has 0 unspecified atom stereocenters. The third-order valence-electron chi connectivity index (χ3n) is 2.35. The van der Waals surface area contributed by atoms with Gasteiger partial charge in [-0.1, -0.05) is 0 Å². The summed E-state index contributed by atoms with van der Waals surface area (Å²) in [5.41, 5.74) is 5.53. The number of ether oxygens (including phenoxy) is 1. The largest absolute Gasteiger partial charge is 0.370 e. The first-order chi connectivity index (χ1) is 5.90. The minimum atomic E-state index is -3.25. The normalized spacial score (nSPS) is 22.5. The summed E-state index contributed by atoms with van der Waals surface area (Å²) in [5.74, 6) is 0.172. The van der Waals surface area contributed by atoms with Crippen molar-refractivity contribution < 1.29 is 17.0 Å². The lowest BCUT2D eigenvalue weighted by molar-refractivity contribution is -0.777. The van der Waals surface area contributed by atoms with E-state index in [0.717, 1.165) is 0 Å². The summed E-state index contributed by atoms with van der Waals surface area (Å²) in [5, 5.41) is 0. The SMILES string of the molecule is C=C(N)[N+]1(S(C)(=O)=O)CCOCC1. The molecular weight excluding hydrogens is 192 g/mol. The van der Waals surface area contributed by atoms with Crippen molar-refractivity contribution in [1.29, 1.82) is 0 Å². The van der Waals surface area contributed by atoms with Crippen LogP contribution < -0.4 is 5.73 Å². The Kier molecular flexibility index (Phi) is 2.65. The Hall–Kier alpha value is -0.590. The second-order valence-electron chi connectivity index (χ2n) is 3.17. The molecule has 1 aliphatic heterocycles. The van der Waals surface area contributed by atoms with Crippen LogP contribution in [-0.4, -0.2) is 44.9 Å². The van der Waals surface area contributed by atoms with Gasteiger partial charge in [0, 0.05) is 0 Å². The van der Waals surface area contributed by atoms with Crippen molar-refractivity contribution in [3.63, 3.8) is 0 Å². The minimum absolute atomic E-state index is 0.172. The number of nitrogens with zero attached hydrogens (tertiary/aromatic N) is 1. The highest BCUT2D eigenvalue weighted by molar-refractivity contribution is 7.85. The van der Waals surface area contributed by atoms with Gasteiger partial charge in [-0.05, 0) is 6.58 Å². The van der Waals surface area contributed by atoms with Crippen molar-refractivity contribution in [2.45, 2.75) is 0 Å². The summed E-state index contributed by atoms with van der Waals surface area (Å²) in [6.07, 6.45) is 1.18. The average molecular weight is 207 g/mol. The van der Waals surface area contributed by atoms with Crippen LogP contribution in [0.1, 0.15) is 0 Å². The van der Waals surface area contributed by atoms with Crippen LogP contribution in [0.3, 0.4) is 0 Å². The highest BCUT2D eigenvalue weighted by Crippen LogP contribution is 2.21. The van der Waals surface area contributed by atoms with E-state index in [1.807, 2.05) is 0 Å². The molecule has 1 fully saturated rings. The van der Waals surface area contributed by atoms with Crippen LogP contribution in [0.15, 0.2) is 12.4 Å². The zero-order chi connectivity index (χ0) is 10.1. The monoisotopic (exact) mass is 207 g/mol. The molecule has 0 atom stereocenters. The molecule has 0 aromatic rings. The van der Waals surface area contributed by atoms with Crippen LogP contribution in [0.25, 0.3) is 0 Å². The van der Waals surface area contributed by atoms with Gasteiger partial charge in [-0.15, -0.1) is 0 Å². The van der Waals surface area contributed by atoms with E-state index >= 15 is 0 Å². The average Bonchev–Trinajstić information content (AvgIpc) is 2.03. The molecule has 1 saturated heterocycles. The molecule has 0 aromatic carbocycles. The highest BCUT2D eigenvalue weighted by Gasteiger charge is 2.42. The highest BCUT2D eigenvalue weighted by atomic mass is 32.2. The van der Waals surface area contributed by atoms with Gasteiger partial charge in [0.15, 0.2) is 0 Å². The lowest BCUT2D eigenvalue weighted by Crippen LogP contribution is -2.58. The Morgan fingerprint density at radius 2 is 1.92 bits per heavy atom. The molecule has 0 saturated carbocycles. The second-order valence-corrected chi connectivity index (χ2v) is 5.34. The summed E-state index contributed by atoms with van der Waals surface area (Å²) in [7, 11) is -3.25. The summed E-state index contributed by atoms with van der Waals surface area (Å²) in [6.45, 7) is 5.06. The van der Waals surface area contributed by atoms with E-state index < -0.39 is 10.0 Å². The molecule has 76 valence electrons. The molecule has 0 radical (unpaired) electrons. The van der Waals surface area contributed by atoms with Crippen LogP contribution in [0.2, 0.25) is 0 Å². The molecule has 0 bridgehead atoms. The number of rotatable bonds is 2. The van der Waals surface area contributed by atoms with Crippen LogP contribution in [0, 0.1) is 0 Å². The van der Waals surface area contributed by atoms with Crippen molar-refractivity contribution in [2.24, 2.45) is 5.73 Å². The zero-order valence-corrected chi connectivity index (χ0v) is 8.51. The van der Waals surface area contributed by atoms with Crippen molar-refractivity contribution in [1.82, 2.24) is 0 Å². The van der Waals surface area contributed by atoms with E-state index in [4.69, 9.17) is 10.5 Å². The fourth-order valence-electron chi connectivity index (χ4n) is 1.47. The number of hydrogen-bond acceptors (Lipinski definition) is 4. The van der Waals surface area contributed by atoms with Crippen molar-refractivity contribution in [3.8, 4) is 0 Å². The molecule has 6 heteroatoms. The molecular formula is C7H15N2O3S+. The van der Waals surface area contributed by atoms with Crippen LogP contribution in [-0.2, 0) is 14.8 Å². The fourth-order valence-corrected chi connectivity index (χ4v) is 2.71. The summed E-state index contributed by atoms with van der Waals surface area (Å²) in [6, 6.07) is 0. The third kappa shape index (κ3) is 1.70. The van der Waals surface area contributed by atoms with Crippen LogP contribution >= 0.6 is 0 Å². The van der Waals surface area contributed by atoms with Gasteiger partial charge in [-0.25, -0.2) is 0 Å². The summed E-state index contributed by atoms with van der Waals surface area (Å²) < 4.78 is 27.9. The zero-order valence-electron chi connectivity index (χ0n) is 7.69. The maximum atomic E-state index is 11.5. The molecule has 0 aromatic heterocycles. The topological polar surface area (TPSA) is 69.4 Å². The maximum absolute atomic E-state index is 11.5. The quantitative estimate of drug-likeness (QED) is 0.603. The van der Waals surface area contributed by atoms with E-state index in [1.165, 1.54) is 6.26 Å². The minimum Gasteiger partial charge on any atom is -0.370 e. The maximum Gasteiger partial charge on any atom is 0.300 e. The second kappa shape index (κ2) is 3.28. The molecule has 0 spiro atoms. The molecule has 5 nitrogen and oxygen atoms in total. The molecule has 1 heterocycles. The predicted octanol–water partition coefficient (Wildman–Crippen LogP) is -0.777. The lowest BCUT2D eigenvalue weighted by atomic mass is 10.4. The van der Waals surface area contributed by atoms with Crippen molar-refractivity contribution in [2.75, 3.05) is 32.6 Å². The number of hydrogen-bond donors (Lipinski definition) is 1. The smallest absolute Gasteiger partial charge is 0.300 e. The lowest BCUT2D eigenvalue weighted by Gasteiger charge is -2.37. The Labute approximate surface area is 78.4 Å². The van der Waals surface area contributed by atoms with Gasteiger partial charge in [0.25, 0.3) is 10.0 Å². The molecule has 1 aliphatic rings. The number of nitrogens with two attached hydrogens (primary N) is 1. The van der Waals surface area contributed by atoms with Gasteiger partial charge in [-0.3, -0.25) is 0 Å². The van der Waals surface area contributed by atoms with E-state index in [1.54, 1.807) is 0 Å². The Balaban J connectivity index is 3.07. The van der Waals surface area contributed by atoms with Gasteiger partial charge >= 0.3 is 0 Å². The van der Waals surface area contributed by atoms with E-state index in [2.05, 4.69) is 6.58 Å². The van der Waals surface area contributed by atoms with Gasteiger partial charge < -0.3 is 10.5 Å². The van der Waals surface area contributed by atoms with Gasteiger partial charge in [-0.2, -0.15) is 12.3 Å². The molecule has 1 rings (SSSR count).